The first-order valence-corrected chi connectivity index (χ1v) is 19.6. The van der Waals surface area contributed by atoms with Crippen molar-refractivity contribution in [2.45, 2.75) is 114 Å². The highest BCUT2D eigenvalue weighted by atomic mass is 16.5. The van der Waals surface area contributed by atoms with Gasteiger partial charge in [0.15, 0.2) is 0 Å². The normalized spacial score (nSPS) is 30.8. The van der Waals surface area contributed by atoms with E-state index in [1.165, 1.54) is 21.6 Å². The molecule has 4 fully saturated rings. The third-order valence-corrected chi connectivity index (χ3v) is 11.3. The summed E-state index contributed by atoms with van der Waals surface area (Å²) < 4.78 is 5.96. The largest absolute Gasteiger partial charge is 0.458 e. The molecule has 5 aliphatic rings. The van der Waals surface area contributed by atoms with Crippen LogP contribution in [0.4, 0.5) is 10.5 Å². The van der Waals surface area contributed by atoms with Gasteiger partial charge in [0.25, 0.3) is 0 Å². The van der Waals surface area contributed by atoms with Crippen LogP contribution in [0.15, 0.2) is 54.6 Å². The summed E-state index contributed by atoms with van der Waals surface area (Å²) in [6, 6.07) is 1.93. The number of carbonyl (C=O) groups is 7. The van der Waals surface area contributed by atoms with Crippen LogP contribution in [-0.2, 0) is 33.5 Å². The monoisotopic (exact) mass is 759 g/mol. The van der Waals surface area contributed by atoms with Crippen molar-refractivity contribution < 1.29 is 38.3 Å². The quantitative estimate of drug-likeness (QED) is 0.318. The number of carbonyl (C=O) groups excluding carboxylic acids is 7. The van der Waals surface area contributed by atoms with Gasteiger partial charge in [-0.05, 0) is 89.2 Å². The lowest BCUT2D eigenvalue weighted by atomic mass is 9.92. The van der Waals surface area contributed by atoms with Gasteiger partial charge in [0, 0.05) is 25.3 Å². The Morgan fingerprint density at radius 1 is 0.855 bits per heavy atom. The molecule has 4 N–H and O–H groups in total. The third kappa shape index (κ3) is 9.19. The fraction of sp³-hybridized carbons (Fsp3) is 0.575. The Kier molecular flexibility index (Phi) is 12.6. The number of hydrogen-bond acceptors (Lipinski definition) is 8. The van der Waals surface area contributed by atoms with E-state index < -0.39 is 78.0 Å². The highest BCUT2D eigenvalue weighted by Crippen LogP contribution is 2.29. The molecule has 9 atom stereocenters. The average Bonchev–Trinajstić information content (AvgIpc) is 3.83. The van der Waals surface area contributed by atoms with Crippen molar-refractivity contribution in [3.63, 3.8) is 0 Å². The summed E-state index contributed by atoms with van der Waals surface area (Å²) >= 11 is 0. The van der Waals surface area contributed by atoms with Gasteiger partial charge in [-0.1, -0.05) is 49.4 Å². The lowest BCUT2D eigenvalue weighted by molar-refractivity contribution is -0.163. The van der Waals surface area contributed by atoms with Crippen LogP contribution in [0.5, 0.6) is 0 Å². The van der Waals surface area contributed by atoms with E-state index in [1.807, 2.05) is 37.3 Å². The number of hydrogen-bond donors (Lipinski definition) is 4. The van der Waals surface area contributed by atoms with Gasteiger partial charge in [-0.15, -0.1) is 0 Å². The molecular formula is C40H53N7O8. The number of ether oxygens (including phenoxy) is 1. The molecule has 1 aliphatic carbocycles. The van der Waals surface area contributed by atoms with Crippen molar-refractivity contribution in [2.24, 2.45) is 11.8 Å². The molecule has 0 spiro atoms. The average molecular weight is 760 g/mol. The van der Waals surface area contributed by atoms with Crippen LogP contribution in [0, 0.1) is 11.8 Å². The molecule has 7 amide bonds. The molecule has 296 valence electrons. The van der Waals surface area contributed by atoms with Gasteiger partial charge < -0.3 is 40.7 Å². The fourth-order valence-electron chi connectivity index (χ4n) is 8.41. The molecule has 1 aromatic carbocycles. The molecular weight excluding hydrogens is 706 g/mol. The highest BCUT2D eigenvalue weighted by Gasteiger charge is 2.47. The first kappa shape index (κ1) is 39.5. The van der Waals surface area contributed by atoms with Crippen LogP contribution in [0.3, 0.4) is 0 Å². The minimum Gasteiger partial charge on any atom is -0.458 e. The van der Waals surface area contributed by atoms with Crippen molar-refractivity contribution in [2.75, 3.05) is 25.0 Å². The second-order valence-corrected chi connectivity index (χ2v) is 15.5. The number of piperidine rings is 1. The molecule has 2 unspecified atom stereocenters. The number of allylic oxidation sites excluding steroid dienone is 4. The Hall–Kier alpha value is -5.21. The van der Waals surface area contributed by atoms with E-state index in [1.54, 1.807) is 31.2 Å². The second kappa shape index (κ2) is 17.5. The smallest absolute Gasteiger partial charge is 0.329 e. The number of amides is 7. The minimum absolute atomic E-state index is 0.0479. The number of nitrogens with zero attached hydrogens (tertiary/aromatic N) is 3. The number of cyclic esters (lactones) is 1. The summed E-state index contributed by atoms with van der Waals surface area (Å²) in [6.07, 6.45) is 10.3. The van der Waals surface area contributed by atoms with Gasteiger partial charge in [0.05, 0.1) is 0 Å². The van der Waals surface area contributed by atoms with Gasteiger partial charge >= 0.3 is 12.0 Å². The molecule has 15 nitrogen and oxygen atoms in total. The van der Waals surface area contributed by atoms with Crippen LogP contribution in [0.2, 0.25) is 0 Å². The lowest BCUT2D eigenvalue weighted by Gasteiger charge is -2.39. The number of benzene rings is 1. The Balaban J connectivity index is 1.31. The zero-order valence-electron chi connectivity index (χ0n) is 31.8. The maximum atomic E-state index is 14.7. The van der Waals surface area contributed by atoms with Gasteiger partial charge in [0.2, 0.25) is 29.5 Å². The molecule has 0 aromatic heterocycles. The SMILES string of the molecule is CC1NC(=O)[C@@H]2CCCCN2C(=O)[C@@H]2CCCN2C(=O)[C@@H](NC(=O)[C@H](CC2C=CC=CC2)NC(=O)Nc2ccccc2)[C@H](C)OC(=O)[C@@H]2C[C@@H](C)CN2C1=O. The molecule has 4 heterocycles. The van der Waals surface area contributed by atoms with Crippen molar-refractivity contribution in [3.8, 4) is 0 Å². The Morgan fingerprint density at radius 2 is 1.58 bits per heavy atom. The maximum absolute atomic E-state index is 14.7. The topological polar surface area (TPSA) is 187 Å². The van der Waals surface area contributed by atoms with E-state index in [0.717, 1.165) is 0 Å². The first-order valence-electron chi connectivity index (χ1n) is 19.6. The minimum atomic E-state index is -1.44. The van der Waals surface area contributed by atoms with E-state index in [9.17, 15) is 33.6 Å². The number of fused-ring (bicyclic) bond motifs is 3. The van der Waals surface area contributed by atoms with E-state index in [-0.39, 0.29) is 37.3 Å². The number of anilines is 1. The van der Waals surface area contributed by atoms with E-state index >= 15 is 0 Å². The molecule has 4 saturated heterocycles. The van der Waals surface area contributed by atoms with Crippen LogP contribution < -0.4 is 21.3 Å². The zero-order valence-corrected chi connectivity index (χ0v) is 31.8. The predicted molar refractivity (Wildman–Crippen MR) is 202 cm³/mol. The molecule has 4 aliphatic heterocycles. The molecule has 0 saturated carbocycles. The first-order chi connectivity index (χ1) is 26.4. The molecule has 0 bridgehead atoms. The molecule has 6 rings (SSSR count). The standard InChI is InChI=1S/C40H53N7O8/c1-24-21-32-39(53)55-26(3)33(44-34(48)29(22-27-13-6-4-7-14-27)43-40(54)42-28-15-8-5-9-16-28)38(52)46-20-12-18-31(46)37(51)45-19-11-10-17-30(45)35(49)41-25(2)36(50)47(32)23-24/h4-9,13,15-16,24-27,29-33H,10-12,14,17-23H2,1-3H3,(H,41,49)(H,44,48)(H2,42,43,54)/t24-,25?,26+,27?,29+,30+,31+,32+,33+/m1/s1. The lowest BCUT2D eigenvalue weighted by Crippen LogP contribution is -2.63. The van der Waals surface area contributed by atoms with E-state index in [2.05, 4.69) is 21.3 Å². The number of nitrogens with one attached hydrogen (secondary N) is 4. The third-order valence-electron chi connectivity index (χ3n) is 11.3. The summed E-state index contributed by atoms with van der Waals surface area (Å²) in [5.41, 5.74) is 0.522. The van der Waals surface area contributed by atoms with Crippen molar-refractivity contribution in [1.82, 2.24) is 30.7 Å². The van der Waals surface area contributed by atoms with Gasteiger partial charge in [-0.3, -0.25) is 24.0 Å². The van der Waals surface area contributed by atoms with Crippen molar-refractivity contribution in [3.05, 3.63) is 54.6 Å². The van der Waals surface area contributed by atoms with E-state index in [4.69, 9.17) is 4.74 Å². The van der Waals surface area contributed by atoms with Crippen LogP contribution in [0.1, 0.15) is 72.1 Å². The van der Waals surface area contributed by atoms with E-state index in [0.29, 0.717) is 57.2 Å². The summed E-state index contributed by atoms with van der Waals surface area (Å²) in [5.74, 6) is -3.47. The molecule has 55 heavy (non-hydrogen) atoms. The molecule has 15 heteroatoms. The summed E-state index contributed by atoms with van der Waals surface area (Å²) in [7, 11) is 0. The summed E-state index contributed by atoms with van der Waals surface area (Å²) in [4.78, 5) is 102. The Labute approximate surface area is 321 Å². The van der Waals surface area contributed by atoms with Crippen molar-refractivity contribution in [1.29, 1.82) is 0 Å². The number of esters is 1. The Morgan fingerprint density at radius 3 is 2.33 bits per heavy atom. The maximum Gasteiger partial charge on any atom is 0.329 e. The van der Waals surface area contributed by atoms with Crippen LogP contribution in [0.25, 0.3) is 0 Å². The highest BCUT2D eigenvalue weighted by molar-refractivity contribution is 5.98. The van der Waals surface area contributed by atoms with Crippen LogP contribution in [-0.4, -0.2) is 118 Å². The van der Waals surface area contributed by atoms with Crippen LogP contribution >= 0.6 is 0 Å². The summed E-state index contributed by atoms with van der Waals surface area (Å²) in [6.45, 7) is 5.78. The predicted octanol–water partition coefficient (Wildman–Crippen LogP) is 2.24. The number of para-hydroxylation sites is 1. The molecule has 0 radical (unpaired) electrons. The zero-order chi connectivity index (χ0) is 39.2. The van der Waals surface area contributed by atoms with Gasteiger partial charge in [-0.2, -0.15) is 0 Å². The van der Waals surface area contributed by atoms with Crippen molar-refractivity contribution >= 4 is 47.2 Å². The Bertz CT molecular complexity index is 1700. The molecule has 1 aromatic rings. The second-order valence-electron chi connectivity index (χ2n) is 15.5. The van der Waals surface area contributed by atoms with Gasteiger partial charge in [-0.25, -0.2) is 9.59 Å². The summed E-state index contributed by atoms with van der Waals surface area (Å²) in [5, 5.41) is 11.1. The number of urea groups is 1. The fourth-order valence-corrected chi connectivity index (χ4v) is 8.41. The number of rotatable bonds is 6. The van der Waals surface area contributed by atoms with Gasteiger partial charge in [0.1, 0.15) is 42.4 Å².